The second-order valence-corrected chi connectivity index (χ2v) is 7.51. The quantitative estimate of drug-likeness (QED) is 0.545. The highest BCUT2D eigenvalue weighted by Gasteiger charge is 2.48. The first-order chi connectivity index (χ1) is 14.3. The van der Waals surface area contributed by atoms with Gasteiger partial charge in [-0.05, 0) is 37.5 Å². The third kappa shape index (κ3) is 5.27. The molecule has 1 aromatic rings. The predicted molar refractivity (Wildman–Crippen MR) is 108 cm³/mol. The van der Waals surface area contributed by atoms with Gasteiger partial charge in [-0.15, -0.1) is 0 Å². The highest BCUT2D eigenvalue weighted by Crippen LogP contribution is 2.32. The third-order valence-corrected chi connectivity index (χ3v) is 5.52. The van der Waals surface area contributed by atoms with Crippen molar-refractivity contribution in [2.24, 2.45) is 5.92 Å². The maximum atomic E-state index is 14.1. The van der Waals surface area contributed by atoms with Gasteiger partial charge in [0, 0.05) is 33.7 Å². The number of carbonyl (C=O) groups is 3. The predicted octanol–water partition coefficient (Wildman–Crippen LogP) is 0.883. The zero-order valence-electron chi connectivity index (χ0n) is 17.9. The molecule has 1 aromatic carbocycles. The van der Waals surface area contributed by atoms with Crippen molar-refractivity contribution < 1.29 is 28.2 Å². The van der Waals surface area contributed by atoms with E-state index in [-0.39, 0.29) is 42.9 Å². The van der Waals surface area contributed by atoms with Gasteiger partial charge in [0.1, 0.15) is 5.54 Å². The molecule has 0 bridgehead atoms. The smallest absolute Gasteiger partial charge is 0.245 e. The Morgan fingerprint density at radius 2 is 2.07 bits per heavy atom. The number of methoxy groups -OCH3 is 2. The lowest BCUT2D eigenvalue weighted by Gasteiger charge is -2.36. The van der Waals surface area contributed by atoms with Crippen molar-refractivity contribution in [3.05, 3.63) is 29.6 Å². The van der Waals surface area contributed by atoms with Gasteiger partial charge in [-0.2, -0.15) is 0 Å². The second-order valence-electron chi connectivity index (χ2n) is 7.51. The van der Waals surface area contributed by atoms with Gasteiger partial charge in [-0.1, -0.05) is 6.07 Å². The number of hydrogen-bond acceptors (Lipinski definition) is 5. The van der Waals surface area contributed by atoms with Crippen LogP contribution in [0.5, 0.6) is 5.75 Å². The van der Waals surface area contributed by atoms with Gasteiger partial charge >= 0.3 is 0 Å². The molecule has 9 heteroatoms. The SMILES string of the molecule is CNC(=O)C(Cc1ccc(OC)c(F)c1)CN1C(=O)CCC1(C)C(=O)NCCOC. The molecule has 2 N–H and O–H groups in total. The zero-order valence-corrected chi connectivity index (χ0v) is 17.9. The Morgan fingerprint density at radius 1 is 1.33 bits per heavy atom. The van der Waals surface area contributed by atoms with Crippen molar-refractivity contribution in [3.63, 3.8) is 0 Å². The number of rotatable bonds is 10. The van der Waals surface area contributed by atoms with Gasteiger partial charge in [-0.3, -0.25) is 14.4 Å². The average molecular weight is 423 g/mol. The van der Waals surface area contributed by atoms with E-state index >= 15 is 0 Å². The fourth-order valence-electron chi connectivity index (χ4n) is 3.68. The third-order valence-electron chi connectivity index (χ3n) is 5.52. The van der Waals surface area contributed by atoms with E-state index in [1.165, 1.54) is 38.3 Å². The number of halogens is 1. The molecule has 0 saturated carbocycles. The fraction of sp³-hybridized carbons (Fsp3) is 0.571. The molecule has 2 atom stereocenters. The van der Waals surface area contributed by atoms with Crippen LogP contribution in [0.2, 0.25) is 0 Å². The Labute approximate surface area is 176 Å². The first kappa shape index (κ1) is 23.6. The van der Waals surface area contributed by atoms with Gasteiger partial charge in [0.15, 0.2) is 11.6 Å². The number of benzene rings is 1. The Morgan fingerprint density at radius 3 is 2.67 bits per heavy atom. The van der Waals surface area contributed by atoms with Crippen molar-refractivity contribution >= 4 is 17.7 Å². The first-order valence-corrected chi connectivity index (χ1v) is 9.88. The van der Waals surface area contributed by atoms with Crippen LogP contribution < -0.4 is 15.4 Å². The number of hydrogen-bond donors (Lipinski definition) is 2. The Kier molecular flexibility index (Phi) is 8.16. The average Bonchev–Trinajstić information content (AvgIpc) is 3.02. The Hall–Kier alpha value is -2.68. The molecule has 1 aliphatic rings. The van der Waals surface area contributed by atoms with E-state index in [9.17, 15) is 18.8 Å². The summed E-state index contributed by atoms with van der Waals surface area (Å²) in [4.78, 5) is 39.3. The van der Waals surface area contributed by atoms with E-state index < -0.39 is 17.3 Å². The number of nitrogens with one attached hydrogen (secondary N) is 2. The van der Waals surface area contributed by atoms with E-state index in [4.69, 9.17) is 9.47 Å². The highest BCUT2D eigenvalue weighted by molar-refractivity contribution is 5.94. The summed E-state index contributed by atoms with van der Waals surface area (Å²) in [5, 5.41) is 5.38. The molecule has 0 radical (unpaired) electrons. The molecular weight excluding hydrogens is 393 g/mol. The van der Waals surface area contributed by atoms with Gasteiger partial charge in [0.25, 0.3) is 0 Å². The molecule has 0 aliphatic carbocycles. The van der Waals surface area contributed by atoms with Crippen molar-refractivity contribution in [1.82, 2.24) is 15.5 Å². The molecule has 166 valence electrons. The molecule has 1 heterocycles. The fourth-order valence-corrected chi connectivity index (χ4v) is 3.68. The molecule has 2 unspecified atom stereocenters. The monoisotopic (exact) mass is 423 g/mol. The minimum atomic E-state index is -1.05. The Balaban J connectivity index is 2.21. The van der Waals surface area contributed by atoms with E-state index in [1.807, 2.05) is 0 Å². The largest absolute Gasteiger partial charge is 0.494 e. The summed E-state index contributed by atoms with van der Waals surface area (Å²) < 4.78 is 24.0. The van der Waals surface area contributed by atoms with Crippen LogP contribution in [0.15, 0.2) is 18.2 Å². The molecule has 0 spiro atoms. The number of ether oxygens (including phenoxy) is 2. The summed E-state index contributed by atoms with van der Waals surface area (Å²) in [5.74, 6) is -1.80. The summed E-state index contributed by atoms with van der Waals surface area (Å²) in [7, 11) is 4.42. The number of carbonyl (C=O) groups excluding carboxylic acids is 3. The van der Waals surface area contributed by atoms with E-state index in [2.05, 4.69) is 10.6 Å². The normalized spacial score (nSPS) is 19.5. The van der Waals surface area contributed by atoms with Crippen LogP contribution in [0.1, 0.15) is 25.3 Å². The van der Waals surface area contributed by atoms with Crippen LogP contribution in [0.25, 0.3) is 0 Å². The number of amides is 3. The highest BCUT2D eigenvalue weighted by atomic mass is 19.1. The van der Waals surface area contributed by atoms with E-state index in [0.717, 1.165) is 0 Å². The summed E-state index contributed by atoms with van der Waals surface area (Å²) >= 11 is 0. The van der Waals surface area contributed by atoms with E-state index in [0.29, 0.717) is 25.1 Å². The molecule has 3 amide bonds. The van der Waals surface area contributed by atoms with Gasteiger partial charge in [-0.25, -0.2) is 4.39 Å². The van der Waals surface area contributed by atoms with Gasteiger partial charge in [0.05, 0.1) is 19.6 Å². The van der Waals surface area contributed by atoms with E-state index in [1.54, 1.807) is 13.0 Å². The van der Waals surface area contributed by atoms with Gasteiger partial charge in [0.2, 0.25) is 17.7 Å². The standard InChI is InChI=1S/C21H30FN3O5/c1-21(20(28)24-9-10-29-3)8-7-18(26)25(21)13-15(19(27)23-2)11-14-5-6-17(30-4)16(22)12-14/h5-6,12,15H,7-11,13H2,1-4H3,(H,23,27)(H,24,28). The van der Waals surface area contributed by atoms with Crippen LogP contribution >= 0.6 is 0 Å². The topological polar surface area (TPSA) is 97.0 Å². The molecule has 0 aromatic heterocycles. The minimum absolute atomic E-state index is 0.0559. The molecule has 1 aliphatic heterocycles. The summed E-state index contributed by atoms with van der Waals surface area (Å²) in [6, 6.07) is 4.50. The molecule has 1 fully saturated rings. The van der Waals surface area contributed by atoms with Crippen LogP contribution in [0, 0.1) is 11.7 Å². The summed E-state index contributed by atoms with van der Waals surface area (Å²) in [5.41, 5.74) is -0.456. The first-order valence-electron chi connectivity index (χ1n) is 9.88. The zero-order chi connectivity index (χ0) is 22.3. The van der Waals surface area contributed by atoms with Gasteiger partial charge < -0.3 is 25.0 Å². The van der Waals surface area contributed by atoms with Crippen molar-refractivity contribution in [1.29, 1.82) is 0 Å². The molecule has 2 rings (SSSR count). The molecule has 1 saturated heterocycles. The van der Waals surface area contributed by atoms with Crippen molar-refractivity contribution in [3.8, 4) is 5.75 Å². The number of nitrogens with zero attached hydrogens (tertiary/aromatic N) is 1. The van der Waals surface area contributed by atoms with Crippen LogP contribution in [0.4, 0.5) is 4.39 Å². The minimum Gasteiger partial charge on any atom is -0.494 e. The van der Waals surface area contributed by atoms with Crippen LogP contribution in [-0.2, 0) is 25.5 Å². The lowest BCUT2D eigenvalue weighted by molar-refractivity contribution is -0.142. The molecule has 30 heavy (non-hydrogen) atoms. The molecular formula is C21H30FN3O5. The second kappa shape index (κ2) is 10.4. The maximum absolute atomic E-state index is 14.1. The maximum Gasteiger partial charge on any atom is 0.245 e. The lowest BCUT2D eigenvalue weighted by Crippen LogP contribution is -2.57. The van der Waals surface area contributed by atoms with Crippen LogP contribution in [0.3, 0.4) is 0 Å². The lowest BCUT2D eigenvalue weighted by atomic mass is 9.93. The molecule has 8 nitrogen and oxygen atoms in total. The van der Waals surface area contributed by atoms with Crippen molar-refractivity contribution in [2.45, 2.75) is 31.7 Å². The Bertz CT molecular complexity index is 788. The number of likely N-dealkylation sites (tertiary alicyclic amines) is 1. The van der Waals surface area contributed by atoms with Crippen LogP contribution in [-0.4, -0.2) is 69.1 Å². The van der Waals surface area contributed by atoms with Crippen molar-refractivity contribution in [2.75, 3.05) is 41.0 Å². The summed E-state index contributed by atoms with van der Waals surface area (Å²) in [6.07, 6.45) is 0.805. The summed E-state index contributed by atoms with van der Waals surface area (Å²) in [6.45, 7) is 2.45.